The van der Waals surface area contributed by atoms with Crippen molar-refractivity contribution in [2.75, 3.05) is 0 Å². The summed E-state index contributed by atoms with van der Waals surface area (Å²) in [6, 6.07) is 49.6. The zero-order valence-corrected chi connectivity index (χ0v) is 65.0. The summed E-state index contributed by atoms with van der Waals surface area (Å²) in [6.45, 7) is 72.9. The first-order chi connectivity index (χ1) is 43.1. The van der Waals surface area contributed by atoms with Crippen molar-refractivity contribution in [3.8, 4) is 0 Å². The predicted molar refractivity (Wildman–Crippen MR) is 412 cm³/mol. The summed E-state index contributed by atoms with van der Waals surface area (Å²) < 4.78 is 0. The van der Waals surface area contributed by atoms with E-state index in [0.717, 1.165) is 34.2 Å². The smallest absolute Gasteiger partial charge is 0.0375 e. The van der Waals surface area contributed by atoms with Crippen LogP contribution in [-0.4, -0.2) is 29.9 Å². The van der Waals surface area contributed by atoms with Crippen molar-refractivity contribution >= 4 is 0 Å². The Morgan fingerprint density at radius 1 is 0.189 bits per heavy atom. The van der Waals surface area contributed by atoms with Crippen LogP contribution < -0.4 is 0 Å². The summed E-state index contributed by atoms with van der Waals surface area (Å²) in [6.07, 6.45) is 11.1. The van der Waals surface area contributed by atoms with Gasteiger partial charge in [0.2, 0.25) is 0 Å². The van der Waals surface area contributed by atoms with Crippen LogP contribution in [0.2, 0.25) is 0 Å². The first-order valence-electron chi connectivity index (χ1n) is 33.6. The van der Waals surface area contributed by atoms with E-state index in [-0.39, 0.29) is 0 Å². The van der Waals surface area contributed by atoms with Gasteiger partial charge in [-0.15, -0.1) is 0 Å². The van der Waals surface area contributed by atoms with E-state index in [9.17, 15) is 0 Å². The van der Waals surface area contributed by atoms with Crippen LogP contribution in [0.4, 0.5) is 0 Å². The number of hydrogen-bond donors (Lipinski definition) is 0. The molecule has 9 aromatic rings. The van der Waals surface area contributed by atoms with Gasteiger partial charge in [-0.25, -0.2) is 0 Å². The Bertz CT molecular complexity index is 2290. The first kappa shape index (κ1) is 101. The molecule has 0 aliphatic rings. The molecule has 0 bridgehead atoms. The number of hydrogen-bond acceptors (Lipinski definition) is 6. The molecule has 3 aromatic carbocycles. The Balaban J connectivity index is -0.000000113. The van der Waals surface area contributed by atoms with Gasteiger partial charge >= 0.3 is 0 Å². The highest BCUT2D eigenvalue weighted by atomic mass is 14.7. The van der Waals surface area contributed by atoms with Gasteiger partial charge in [0.05, 0.1) is 0 Å². The average Bonchev–Trinajstić information content (AvgIpc) is 3.63. The largest absolute Gasteiger partial charge is 0.264 e. The summed E-state index contributed by atoms with van der Waals surface area (Å²) in [5.41, 5.74) is 22.0. The van der Waals surface area contributed by atoms with Gasteiger partial charge in [0.25, 0.3) is 0 Å². The van der Waals surface area contributed by atoms with Crippen LogP contribution in [0.3, 0.4) is 0 Å². The van der Waals surface area contributed by atoms with Crippen LogP contribution in [0.1, 0.15) is 226 Å². The zero-order valence-electron chi connectivity index (χ0n) is 65.0. The summed E-state index contributed by atoms with van der Waals surface area (Å²) in [7, 11) is 0. The molecule has 90 heavy (non-hydrogen) atoms. The number of nitrogens with zero attached hydrogens (tertiary/aromatic N) is 6. The number of aromatic nitrogens is 6. The Morgan fingerprint density at radius 2 is 0.467 bits per heavy atom. The SMILES string of the molecule is CC.CC.CC.CC.CC.CC.CC.CC.CC.Cc1ccc(C)cc1.Cc1ccc(C)nc1.Cc1ccc(C)nc1.Cc1cccc(C)c1.Cc1cccc(C)n1.Cc1ccccc1C.Cc1ccnc(C)c1.Cc1ccnc(C)c1.Cc1cncc(C)c1. The maximum absolute atomic E-state index is 4.17. The second-order valence-corrected chi connectivity index (χ2v) is 18.3. The highest BCUT2D eigenvalue weighted by Gasteiger charge is 1.88. The lowest BCUT2D eigenvalue weighted by molar-refractivity contribution is 1.12. The number of rotatable bonds is 0. The second kappa shape index (κ2) is 77.7. The average molecular weight is 1230 g/mol. The highest BCUT2D eigenvalue weighted by molar-refractivity contribution is 5.24. The molecule has 9 rings (SSSR count). The second-order valence-electron chi connectivity index (χ2n) is 18.3. The van der Waals surface area contributed by atoms with Crippen LogP contribution in [0.25, 0.3) is 0 Å². The molecule has 0 atom stereocenters. The molecular formula is C84H138N6. The molecule has 0 saturated heterocycles. The van der Waals surface area contributed by atoms with E-state index in [1.54, 1.807) is 0 Å². The van der Waals surface area contributed by atoms with Gasteiger partial charge in [0.15, 0.2) is 0 Å². The molecule has 0 amide bonds. The summed E-state index contributed by atoms with van der Waals surface area (Å²) in [5.74, 6) is 0. The maximum Gasteiger partial charge on any atom is 0.0375 e. The lowest BCUT2D eigenvalue weighted by atomic mass is 10.1. The molecule has 6 nitrogen and oxygen atoms in total. The van der Waals surface area contributed by atoms with Gasteiger partial charge in [-0.2, -0.15) is 0 Å². The van der Waals surface area contributed by atoms with Crippen molar-refractivity contribution in [3.05, 3.63) is 284 Å². The molecular weight excluding hydrogens is 1090 g/mol. The Kier molecular flexibility index (Phi) is 87.6. The number of benzene rings is 3. The van der Waals surface area contributed by atoms with E-state index in [1.165, 1.54) is 66.8 Å². The third kappa shape index (κ3) is 73.0. The van der Waals surface area contributed by atoms with Crippen LogP contribution in [-0.2, 0) is 0 Å². The molecule has 6 heteroatoms. The predicted octanol–water partition coefficient (Wildman–Crippen LogP) is 26.3. The summed E-state index contributed by atoms with van der Waals surface area (Å²) in [4.78, 5) is 24.4. The van der Waals surface area contributed by atoms with Gasteiger partial charge < -0.3 is 0 Å². The minimum atomic E-state index is 1.08. The quantitative estimate of drug-likeness (QED) is 0.151. The molecule has 0 aliphatic carbocycles. The van der Waals surface area contributed by atoms with Gasteiger partial charge in [0, 0.05) is 71.3 Å². The Morgan fingerprint density at radius 3 is 0.644 bits per heavy atom. The molecule has 0 unspecified atom stereocenters. The van der Waals surface area contributed by atoms with Crippen molar-refractivity contribution in [1.82, 2.24) is 29.9 Å². The van der Waals surface area contributed by atoms with Crippen LogP contribution in [0, 0.1) is 125 Å². The monoisotopic (exact) mass is 1230 g/mol. The van der Waals surface area contributed by atoms with E-state index in [1.807, 2.05) is 274 Å². The molecule has 0 fully saturated rings. The highest BCUT2D eigenvalue weighted by Crippen LogP contribution is 2.04. The fraction of sp³-hybridized carbons (Fsp3) is 0.429. The van der Waals surface area contributed by atoms with Crippen molar-refractivity contribution in [3.63, 3.8) is 0 Å². The molecule has 6 aromatic heterocycles. The molecule has 0 spiro atoms. The summed E-state index contributed by atoms with van der Waals surface area (Å²) >= 11 is 0. The van der Waals surface area contributed by atoms with Crippen molar-refractivity contribution in [2.24, 2.45) is 0 Å². The van der Waals surface area contributed by atoms with Crippen LogP contribution in [0.5, 0.6) is 0 Å². The molecule has 6 heterocycles. The van der Waals surface area contributed by atoms with E-state index >= 15 is 0 Å². The third-order valence-electron chi connectivity index (χ3n) is 10.1. The molecule has 0 saturated carbocycles. The standard InChI is InChI=1S/3C8H10.6C7H9N.9C2H6/c1-7-3-5-8(2)6-4-7;1-7-4-3-5-8(2)6-7;1-7-5-3-4-6-8(7)2;1-6-3-7(2)5-8-4-6;2*1-6-3-4-8-7(2)5-6;2*1-6-3-4-7(2)8-5-6;1-6-4-3-5-7(2)8-6;9*1-2/h3*3-6H,1-2H3;6*3-5H,1-2H3;9*1-2H3. The first-order valence-corrected chi connectivity index (χ1v) is 33.6. The summed E-state index contributed by atoms with van der Waals surface area (Å²) in [5, 5.41) is 0. The van der Waals surface area contributed by atoms with Crippen molar-refractivity contribution in [1.29, 1.82) is 0 Å². The molecule has 0 aliphatic heterocycles. The molecule has 0 N–H and O–H groups in total. The van der Waals surface area contributed by atoms with E-state index in [4.69, 9.17) is 0 Å². The lowest BCUT2D eigenvalue weighted by Crippen LogP contribution is -1.81. The van der Waals surface area contributed by atoms with E-state index < -0.39 is 0 Å². The molecule has 504 valence electrons. The molecule has 0 radical (unpaired) electrons. The minimum Gasteiger partial charge on any atom is -0.264 e. The maximum atomic E-state index is 4.17. The van der Waals surface area contributed by atoms with Crippen LogP contribution >= 0.6 is 0 Å². The lowest BCUT2D eigenvalue weighted by Gasteiger charge is -1.93. The van der Waals surface area contributed by atoms with Gasteiger partial charge in [0.1, 0.15) is 0 Å². The number of aryl methyl sites for hydroxylation is 18. The Hall–Kier alpha value is -7.44. The normalized spacial score (nSPS) is 8.00. The minimum absolute atomic E-state index is 1.08. The van der Waals surface area contributed by atoms with E-state index in [0.29, 0.717) is 0 Å². The fourth-order valence-electron chi connectivity index (χ4n) is 5.95. The third-order valence-corrected chi connectivity index (χ3v) is 10.1. The fourth-order valence-corrected chi connectivity index (χ4v) is 5.95. The van der Waals surface area contributed by atoms with Gasteiger partial charge in [-0.05, 0) is 218 Å². The zero-order chi connectivity index (χ0) is 71.8. The van der Waals surface area contributed by atoms with Gasteiger partial charge in [-0.1, -0.05) is 244 Å². The Labute approximate surface area is 559 Å². The topological polar surface area (TPSA) is 77.3 Å². The van der Waals surface area contributed by atoms with Crippen molar-refractivity contribution < 1.29 is 0 Å². The van der Waals surface area contributed by atoms with Crippen molar-refractivity contribution in [2.45, 2.75) is 249 Å². The van der Waals surface area contributed by atoms with E-state index in [2.05, 4.69) is 188 Å². The van der Waals surface area contributed by atoms with Gasteiger partial charge in [-0.3, -0.25) is 29.9 Å². The van der Waals surface area contributed by atoms with Crippen LogP contribution in [0.15, 0.2) is 183 Å². The number of pyridine rings is 6.